The number of amides is 1. The molecule has 5 heteroatoms. The molecule has 0 atom stereocenters. The standard InChI is InChI=1S/C23H19NO4/c1-15-7-9-19(18(13-15)22(25)16-5-3-2-4-6-16)24-23(26)17-8-10-20-21(14-17)28-12-11-27-20/h2-10,13-14H,11-12H2,1H3,(H,24,26). The summed E-state index contributed by atoms with van der Waals surface area (Å²) < 4.78 is 11.0. The fourth-order valence-corrected chi connectivity index (χ4v) is 3.08. The third kappa shape index (κ3) is 3.60. The van der Waals surface area contributed by atoms with Gasteiger partial charge in [-0.15, -0.1) is 0 Å². The Balaban J connectivity index is 1.63. The van der Waals surface area contributed by atoms with E-state index in [2.05, 4.69) is 5.32 Å². The van der Waals surface area contributed by atoms with Crippen LogP contribution in [0.25, 0.3) is 0 Å². The van der Waals surface area contributed by atoms with E-state index in [9.17, 15) is 9.59 Å². The van der Waals surface area contributed by atoms with Crippen molar-refractivity contribution in [3.8, 4) is 11.5 Å². The normalized spacial score (nSPS) is 12.3. The van der Waals surface area contributed by atoms with Crippen LogP contribution in [0.15, 0.2) is 66.7 Å². The number of carbonyl (C=O) groups is 2. The molecule has 0 aliphatic carbocycles. The van der Waals surface area contributed by atoms with Crippen LogP contribution in [0, 0.1) is 6.92 Å². The van der Waals surface area contributed by atoms with Crippen LogP contribution in [0.5, 0.6) is 11.5 Å². The number of fused-ring (bicyclic) bond motifs is 1. The van der Waals surface area contributed by atoms with Gasteiger partial charge in [-0.2, -0.15) is 0 Å². The van der Waals surface area contributed by atoms with Crippen LogP contribution >= 0.6 is 0 Å². The molecular formula is C23H19NO4. The maximum Gasteiger partial charge on any atom is 0.255 e. The Labute approximate surface area is 162 Å². The molecule has 1 heterocycles. The summed E-state index contributed by atoms with van der Waals surface area (Å²) in [6.45, 7) is 2.85. The topological polar surface area (TPSA) is 64.6 Å². The van der Waals surface area contributed by atoms with Gasteiger partial charge in [0.2, 0.25) is 0 Å². The van der Waals surface area contributed by atoms with Crippen molar-refractivity contribution in [1.82, 2.24) is 0 Å². The number of hydrogen-bond donors (Lipinski definition) is 1. The van der Waals surface area contributed by atoms with Crippen LogP contribution in [0.3, 0.4) is 0 Å². The third-order valence-electron chi connectivity index (χ3n) is 4.51. The van der Waals surface area contributed by atoms with Crippen LogP contribution in [-0.2, 0) is 0 Å². The molecule has 0 unspecified atom stereocenters. The van der Waals surface area contributed by atoms with Gasteiger partial charge in [0.15, 0.2) is 17.3 Å². The second kappa shape index (κ2) is 7.56. The first-order valence-corrected chi connectivity index (χ1v) is 9.03. The molecule has 1 amide bonds. The summed E-state index contributed by atoms with van der Waals surface area (Å²) in [6.07, 6.45) is 0. The Bertz CT molecular complexity index is 1040. The van der Waals surface area contributed by atoms with Gasteiger partial charge in [0.25, 0.3) is 5.91 Å². The molecular weight excluding hydrogens is 354 g/mol. The van der Waals surface area contributed by atoms with E-state index in [1.165, 1.54) is 0 Å². The summed E-state index contributed by atoms with van der Waals surface area (Å²) in [7, 11) is 0. The molecule has 140 valence electrons. The number of nitrogens with one attached hydrogen (secondary N) is 1. The van der Waals surface area contributed by atoms with E-state index in [4.69, 9.17) is 9.47 Å². The van der Waals surface area contributed by atoms with Crippen molar-refractivity contribution in [1.29, 1.82) is 0 Å². The van der Waals surface area contributed by atoms with Gasteiger partial charge in [-0.3, -0.25) is 9.59 Å². The summed E-state index contributed by atoms with van der Waals surface area (Å²) in [4.78, 5) is 25.7. The molecule has 0 spiro atoms. The fourth-order valence-electron chi connectivity index (χ4n) is 3.08. The molecule has 5 nitrogen and oxygen atoms in total. The summed E-state index contributed by atoms with van der Waals surface area (Å²) >= 11 is 0. The predicted molar refractivity (Wildman–Crippen MR) is 106 cm³/mol. The molecule has 0 bridgehead atoms. The molecule has 1 aliphatic rings. The second-order valence-corrected chi connectivity index (χ2v) is 6.56. The largest absolute Gasteiger partial charge is 0.486 e. The Hall–Kier alpha value is -3.60. The molecule has 0 saturated carbocycles. The molecule has 28 heavy (non-hydrogen) atoms. The third-order valence-corrected chi connectivity index (χ3v) is 4.51. The van der Waals surface area contributed by atoms with Crippen LogP contribution in [0.2, 0.25) is 0 Å². The lowest BCUT2D eigenvalue weighted by atomic mass is 9.99. The van der Waals surface area contributed by atoms with Crippen molar-refractivity contribution < 1.29 is 19.1 Å². The van der Waals surface area contributed by atoms with Crippen LogP contribution < -0.4 is 14.8 Å². The van der Waals surface area contributed by atoms with E-state index in [1.54, 1.807) is 42.5 Å². The quantitative estimate of drug-likeness (QED) is 0.695. The van der Waals surface area contributed by atoms with Crippen LogP contribution in [0.4, 0.5) is 5.69 Å². The van der Waals surface area contributed by atoms with E-state index in [0.29, 0.717) is 47.1 Å². The molecule has 3 aromatic rings. The van der Waals surface area contributed by atoms with Gasteiger partial charge < -0.3 is 14.8 Å². The molecule has 0 aromatic heterocycles. The zero-order chi connectivity index (χ0) is 19.5. The van der Waals surface area contributed by atoms with E-state index in [0.717, 1.165) is 5.56 Å². The minimum atomic E-state index is -0.317. The van der Waals surface area contributed by atoms with Crippen LogP contribution in [-0.4, -0.2) is 24.9 Å². The highest BCUT2D eigenvalue weighted by Crippen LogP contribution is 2.31. The second-order valence-electron chi connectivity index (χ2n) is 6.56. The van der Waals surface area contributed by atoms with E-state index >= 15 is 0 Å². The smallest absolute Gasteiger partial charge is 0.255 e. The van der Waals surface area contributed by atoms with Crippen molar-refractivity contribution in [2.24, 2.45) is 0 Å². The zero-order valence-corrected chi connectivity index (χ0v) is 15.4. The minimum absolute atomic E-state index is 0.137. The highest BCUT2D eigenvalue weighted by molar-refractivity contribution is 6.15. The number of ketones is 1. The summed E-state index contributed by atoms with van der Waals surface area (Å²) in [5, 5.41) is 2.86. The maximum absolute atomic E-state index is 12.9. The highest BCUT2D eigenvalue weighted by Gasteiger charge is 2.18. The Morgan fingerprint density at radius 1 is 0.821 bits per heavy atom. The minimum Gasteiger partial charge on any atom is -0.486 e. The Morgan fingerprint density at radius 2 is 1.57 bits per heavy atom. The van der Waals surface area contributed by atoms with Crippen LogP contribution in [0.1, 0.15) is 31.8 Å². The summed E-state index contributed by atoms with van der Waals surface area (Å²) in [6, 6.07) is 19.5. The molecule has 1 aliphatic heterocycles. The Morgan fingerprint density at radius 3 is 2.36 bits per heavy atom. The van der Waals surface area contributed by atoms with E-state index < -0.39 is 0 Å². The molecule has 0 saturated heterocycles. The van der Waals surface area contributed by atoms with Gasteiger partial charge in [-0.1, -0.05) is 42.0 Å². The van der Waals surface area contributed by atoms with Gasteiger partial charge in [0.05, 0.1) is 5.69 Å². The van der Waals surface area contributed by atoms with Crippen molar-refractivity contribution in [2.75, 3.05) is 18.5 Å². The first kappa shape index (κ1) is 17.8. The zero-order valence-electron chi connectivity index (χ0n) is 15.4. The van der Waals surface area contributed by atoms with E-state index in [1.807, 2.05) is 31.2 Å². The monoisotopic (exact) mass is 373 g/mol. The van der Waals surface area contributed by atoms with Gasteiger partial charge in [-0.25, -0.2) is 0 Å². The number of hydrogen-bond acceptors (Lipinski definition) is 4. The van der Waals surface area contributed by atoms with Crippen molar-refractivity contribution in [2.45, 2.75) is 6.92 Å². The number of benzene rings is 3. The number of aryl methyl sites for hydroxylation is 1. The first-order valence-electron chi connectivity index (χ1n) is 9.03. The number of rotatable bonds is 4. The van der Waals surface area contributed by atoms with Crippen molar-refractivity contribution in [3.05, 3.63) is 89.0 Å². The molecule has 1 N–H and O–H groups in total. The Kier molecular flexibility index (Phi) is 4.81. The van der Waals surface area contributed by atoms with Gasteiger partial charge in [-0.05, 0) is 37.3 Å². The van der Waals surface area contributed by atoms with Gasteiger partial charge >= 0.3 is 0 Å². The molecule has 4 rings (SSSR count). The summed E-state index contributed by atoms with van der Waals surface area (Å²) in [5.74, 6) is 0.714. The lowest BCUT2D eigenvalue weighted by Gasteiger charge is -2.19. The van der Waals surface area contributed by atoms with Crippen molar-refractivity contribution >= 4 is 17.4 Å². The predicted octanol–water partition coefficient (Wildman–Crippen LogP) is 4.25. The van der Waals surface area contributed by atoms with E-state index in [-0.39, 0.29) is 11.7 Å². The molecule has 0 radical (unpaired) electrons. The van der Waals surface area contributed by atoms with Gasteiger partial charge in [0.1, 0.15) is 13.2 Å². The number of ether oxygens (including phenoxy) is 2. The fraction of sp³-hybridized carbons (Fsp3) is 0.130. The van der Waals surface area contributed by atoms with Gasteiger partial charge in [0, 0.05) is 16.7 Å². The lowest BCUT2D eigenvalue weighted by molar-refractivity contribution is 0.102. The molecule has 3 aromatic carbocycles. The molecule has 0 fully saturated rings. The maximum atomic E-state index is 12.9. The lowest BCUT2D eigenvalue weighted by Crippen LogP contribution is -2.18. The summed E-state index contributed by atoms with van der Waals surface area (Å²) in [5.41, 5.74) is 2.87. The van der Waals surface area contributed by atoms with Crippen molar-refractivity contribution in [3.63, 3.8) is 0 Å². The highest BCUT2D eigenvalue weighted by atomic mass is 16.6. The average molecular weight is 373 g/mol. The number of carbonyl (C=O) groups excluding carboxylic acids is 2. The first-order chi connectivity index (χ1) is 13.6. The average Bonchev–Trinajstić information content (AvgIpc) is 2.74. The number of anilines is 1. The SMILES string of the molecule is Cc1ccc(NC(=O)c2ccc3c(c2)OCCO3)c(C(=O)c2ccccc2)c1.